The first-order valence-electron chi connectivity index (χ1n) is 12.4. The molecule has 0 atom stereocenters. The molecular formula is C28H30N6O2S. The van der Waals surface area contributed by atoms with E-state index in [0.29, 0.717) is 17.1 Å². The summed E-state index contributed by atoms with van der Waals surface area (Å²) in [6, 6.07) is 15.6. The summed E-state index contributed by atoms with van der Waals surface area (Å²) < 4.78 is 5.79. The molecule has 1 aliphatic heterocycles. The fourth-order valence-corrected chi connectivity index (χ4v) is 5.65. The molecule has 8 nitrogen and oxygen atoms in total. The molecule has 9 heteroatoms. The molecule has 1 amide bonds. The first kappa shape index (κ1) is 24.8. The first-order chi connectivity index (χ1) is 18.1. The van der Waals surface area contributed by atoms with E-state index in [2.05, 4.69) is 10.6 Å². The summed E-state index contributed by atoms with van der Waals surface area (Å²) in [4.78, 5) is 22.0. The van der Waals surface area contributed by atoms with Crippen LogP contribution in [0.3, 0.4) is 0 Å². The summed E-state index contributed by atoms with van der Waals surface area (Å²) in [5.41, 5.74) is 11.0. The van der Waals surface area contributed by atoms with Gasteiger partial charge in [-0.25, -0.2) is 9.97 Å². The number of aromatic nitrogens is 2. The molecule has 3 aromatic rings. The average Bonchev–Trinajstić information content (AvgIpc) is 3.62. The molecule has 1 saturated carbocycles. The molecule has 1 fully saturated rings. The van der Waals surface area contributed by atoms with Crippen molar-refractivity contribution in [3.05, 3.63) is 71.6 Å². The zero-order valence-corrected chi connectivity index (χ0v) is 21.3. The second-order valence-electron chi connectivity index (χ2n) is 9.15. The molecule has 5 N–H and O–H groups in total. The third-order valence-electron chi connectivity index (χ3n) is 6.58. The second-order valence-corrected chi connectivity index (χ2v) is 10.1. The van der Waals surface area contributed by atoms with Crippen molar-refractivity contribution in [3.63, 3.8) is 0 Å². The van der Waals surface area contributed by atoms with Gasteiger partial charge in [0.1, 0.15) is 11.6 Å². The van der Waals surface area contributed by atoms with E-state index in [0.717, 1.165) is 58.2 Å². The molecule has 0 saturated heterocycles. The lowest BCUT2D eigenvalue weighted by molar-refractivity contribution is -0.123. The van der Waals surface area contributed by atoms with Crippen molar-refractivity contribution in [3.8, 4) is 17.1 Å². The van der Waals surface area contributed by atoms with Crippen molar-refractivity contribution >= 4 is 41.0 Å². The number of allylic oxidation sites excluding steroid dienone is 1. The maximum Gasteiger partial charge on any atom is 0.258 e. The van der Waals surface area contributed by atoms with Crippen LogP contribution >= 0.6 is 11.8 Å². The normalized spacial score (nSPS) is 15.3. The van der Waals surface area contributed by atoms with Gasteiger partial charge in [0, 0.05) is 52.3 Å². The van der Waals surface area contributed by atoms with Gasteiger partial charge in [0.05, 0.1) is 5.69 Å². The highest BCUT2D eigenvalue weighted by Gasteiger charge is 2.21. The molecule has 0 unspecified atom stereocenters. The number of fused-ring (bicyclic) bond motifs is 1. The number of hydrogen-bond acceptors (Lipinski definition) is 8. The topological polar surface area (TPSA) is 126 Å². The van der Waals surface area contributed by atoms with Gasteiger partial charge >= 0.3 is 0 Å². The molecule has 190 valence electrons. The minimum absolute atomic E-state index is 0.0104. The predicted molar refractivity (Wildman–Crippen MR) is 149 cm³/mol. The lowest BCUT2D eigenvalue weighted by Gasteiger charge is -2.14. The number of ether oxygens (including phenoxy) is 1. The standard InChI is InChI=1S/C28H30N6O2S/c29-13-20(14-30)18-8-10-22(11-9-18)32-28-24-16-37-17-25(24)33-27(34-28)19-4-3-7-23(12-19)36-15-26(35)31-21-5-1-2-6-21/h3-4,7-14,21,29H,1-2,5-6,15-17,30H2,(H,31,35)(H,32,33,34)/b20-14+,29-13?. The van der Waals surface area contributed by atoms with E-state index in [9.17, 15) is 4.79 Å². The van der Waals surface area contributed by atoms with E-state index in [-0.39, 0.29) is 18.6 Å². The van der Waals surface area contributed by atoms with Gasteiger partial charge in [0.15, 0.2) is 12.4 Å². The highest BCUT2D eigenvalue weighted by Crippen LogP contribution is 2.36. The summed E-state index contributed by atoms with van der Waals surface area (Å²) in [6.45, 7) is -0.0104. The van der Waals surface area contributed by atoms with Crippen molar-refractivity contribution in [2.75, 3.05) is 11.9 Å². The Kier molecular flexibility index (Phi) is 7.70. The smallest absolute Gasteiger partial charge is 0.258 e. The number of amides is 1. The Morgan fingerprint density at radius 2 is 1.95 bits per heavy atom. The molecule has 0 radical (unpaired) electrons. The Balaban J connectivity index is 1.33. The summed E-state index contributed by atoms with van der Waals surface area (Å²) in [5, 5.41) is 14.0. The fourth-order valence-electron chi connectivity index (χ4n) is 4.61. The molecule has 2 aromatic carbocycles. The number of anilines is 2. The fraction of sp³-hybridized carbons (Fsp3) is 0.286. The summed E-state index contributed by atoms with van der Waals surface area (Å²) in [7, 11) is 0. The third kappa shape index (κ3) is 5.94. The van der Waals surface area contributed by atoms with Crippen LogP contribution in [0.15, 0.2) is 54.7 Å². The number of thioether (sulfide) groups is 1. The molecular weight excluding hydrogens is 484 g/mol. The minimum atomic E-state index is -0.0877. The van der Waals surface area contributed by atoms with Crippen molar-refractivity contribution in [1.29, 1.82) is 5.41 Å². The lowest BCUT2D eigenvalue weighted by atomic mass is 10.1. The molecule has 37 heavy (non-hydrogen) atoms. The number of carbonyl (C=O) groups excluding carboxylic acids is 1. The number of rotatable bonds is 9. The van der Waals surface area contributed by atoms with Gasteiger partial charge in [-0.2, -0.15) is 11.8 Å². The number of benzene rings is 2. The zero-order valence-electron chi connectivity index (χ0n) is 20.5. The zero-order chi connectivity index (χ0) is 25.6. The molecule has 2 heterocycles. The van der Waals surface area contributed by atoms with Crippen molar-refractivity contribution < 1.29 is 9.53 Å². The Morgan fingerprint density at radius 3 is 2.70 bits per heavy atom. The Labute approximate surface area is 220 Å². The van der Waals surface area contributed by atoms with Gasteiger partial charge in [0.2, 0.25) is 0 Å². The molecule has 2 aliphatic rings. The third-order valence-corrected chi connectivity index (χ3v) is 7.55. The van der Waals surface area contributed by atoms with Gasteiger partial charge in [-0.1, -0.05) is 37.1 Å². The highest BCUT2D eigenvalue weighted by molar-refractivity contribution is 7.98. The Hall–Kier alpha value is -3.85. The van der Waals surface area contributed by atoms with Crippen molar-refractivity contribution in [1.82, 2.24) is 15.3 Å². The summed E-state index contributed by atoms with van der Waals surface area (Å²) in [5.74, 6) is 3.59. The van der Waals surface area contributed by atoms with Crippen molar-refractivity contribution in [2.45, 2.75) is 43.2 Å². The molecule has 0 spiro atoms. The first-order valence-corrected chi connectivity index (χ1v) is 13.6. The average molecular weight is 515 g/mol. The molecule has 5 rings (SSSR count). The number of nitrogens with zero attached hydrogens (tertiary/aromatic N) is 2. The van der Waals surface area contributed by atoms with E-state index in [1.807, 2.05) is 60.3 Å². The SMILES string of the molecule is N=C/C(=C\N)c1ccc(Nc2nc(-c3cccc(OCC(=O)NC4CCCC4)c3)nc3c2CSC3)cc1. The Morgan fingerprint density at radius 1 is 1.14 bits per heavy atom. The van der Waals surface area contributed by atoms with Gasteiger partial charge in [-0.15, -0.1) is 0 Å². The molecule has 1 aromatic heterocycles. The van der Waals surface area contributed by atoms with Crippen LogP contribution in [-0.2, 0) is 16.3 Å². The number of carbonyl (C=O) groups is 1. The summed E-state index contributed by atoms with van der Waals surface area (Å²) in [6.07, 6.45) is 7.11. The summed E-state index contributed by atoms with van der Waals surface area (Å²) >= 11 is 1.81. The quantitative estimate of drug-likeness (QED) is 0.295. The predicted octanol–water partition coefficient (Wildman–Crippen LogP) is 5.02. The highest BCUT2D eigenvalue weighted by atomic mass is 32.2. The minimum Gasteiger partial charge on any atom is -0.484 e. The van der Waals surface area contributed by atoms with Crippen LogP contribution in [0, 0.1) is 5.41 Å². The molecule has 0 bridgehead atoms. The van der Waals surface area contributed by atoms with Gasteiger partial charge < -0.3 is 26.5 Å². The van der Waals surface area contributed by atoms with E-state index in [1.165, 1.54) is 25.3 Å². The van der Waals surface area contributed by atoms with Crippen LogP contribution < -0.4 is 21.1 Å². The van der Waals surface area contributed by atoms with E-state index >= 15 is 0 Å². The largest absolute Gasteiger partial charge is 0.484 e. The van der Waals surface area contributed by atoms with E-state index in [1.54, 1.807) is 0 Å². The van der Waals surface area contributed by atoms with Crippen LogP contribution in [0.25, 0.3) is 17.0 Å². The number of nitrogens with two attached hydrogens (primary N) is 1. The van der Waals surface area contributed by atoms with Gasteiger partial charge in [0.25, 0.3) is 5.91 Å². The second kappa shape index (κ2) is 11.5. The van der Waals surface area contributed by atoms with Gasteiger partial charge in [-0.3, -0.25) is 4.79 Å². The van der Waals surface area contributed by atoms with Crippen LogP contribution in [0.4, 0.5) is 11.5 Å². The van der Waals surface area contributed by atoms with E-state index < -0.39 is 0 Å². The van der Waals surface area contributed by atoms with Crippen LogP contribution in [-0.4, -0.2) is 34.7 Å². The maximum atomic E-state index is 12.3. The van der Waals surface area contributed by atoms with Gasteiger partial charge in [-0.05, 0) is 42.7 Å². The Bertz CT molecular complexity index is 1320. The van der Waals surface area contributed by atoms with E-state index in [4.69, 9.17) is 25.8 Å². The van der Waals surface area contributed by atoms with Crippen molar-refractivity contribution in [2.24, 2.45) is 5.73 Å². The number of hydrogen-bond donors (Lipinski definition) is 4. The maximum absolute atomic E-state index is 12.3. The van der Waals surface area contributed by atoms with Crippen LogP contribution in [0.1, 0.15) is 42.5 Å². The van der Waals surface area contributed by atoms with Crippen LogP contribution in [0.2, 0.25) is 0 Å². The lowest BCUT2D eigenvalue weighted by Crippen LogP contribution is -2.36. The monoisotopic (exact) mass is 514 g/mol. The number of nitrogens with one attached hydrogen (secondary N) is 3. The van der Waals surface area contributed by atoms with Crippen LogP contribution in [0.5, 0.6) is 5.75 Å². The molecule has 1 aliphatic carbocycles.